The third-order valence-electron chi connectivity index (χ3n) is 2.14. The molecular weight excluding hydrogens is 322 g/mol. The van der Waals surface area contributed by atoms with Crippen molar-refractivity contribution in [1.82, 2.24) is 4.98 Å². The van der Waals surface area contributed by atoms with Crippen LogP contribution in [0.4, 0.5) is 10.1 Å². The highest BCUT2D eigenvalue weighted by Gasteiger charge is 2.09. The van der Waals surface area contributed by atoms with Crippen LogP contribution in [0.15, 0.2) is 41.0 Å². The van der Waals surface area contributed by atoms with Crippen LogP contribution in [-0.2, 0) is 0 Å². The van der Waals surface area contributed by atoms with Crippen LogP contribution in [0.3, 0.4) is 0 Å². The highest BCUT2D eigenvalue weighted by Crippen LogP contribution is 2.26. The molecule has 0 fully saturated rings. The summed E-state index contributed by atoms with van der Waals surface area (Å²) in [4.78, 5) is 15.5. The highest BCUT2D eigenvalue weighted by atomic mass is 79.9. The van der Waals surface area contributed by atoms with Crippen molar-refractivity contribution in [2.75, 3.05) is 5.32 Å². The van der Waals surface area contributed by atoms with Gasteiger partial charge in [-0.3, -0.25) is 4.79 Å². The molecule has 92 valence electrons. The molecule has 0 aliphatic carbocycles. The van der Waals surface area contributed by atoms with Gasteiger partial charge in [0.2, 0.25) is 0 Å². The Morgan fingerprint density at radius 2 is 2.11 bits per heavy atom. The highest BCUT2D eigenvalue weighted by molar-refractivity contribution is 9.10. The fourth-order valence-electron chi connectivity index (χ4n) is 1.29. The molecule has 2 rings (SSSR count). The molecule has 1 aromatic heterocycles. The van der Waals surface area contributed by atoms with Crippen molar-refractivity contribution in [3.05, 3.63) is 57.5 Å². The van der Waals surface area contributed by atoms with Gasteiger partial charge in [0.1, 0.15) is 11.5 Å². The first-order chi connectivity index (χ1) is 8.56. The molecule has 0 saturated carbocycles. The minimum Gasteiger partial charge on any atom is -0.320 e. The number of nitrogens with zero attached hydrogens (tertiary/aromatic N) is 1. The van der Waals surface area contributed by atoms with E-state index >= 15 is 0 Å². The predicted octanol–water partition coefficient (Wildman–Crippen LogP) is 3.89. The van der Waals surface area contributed by atoms with Gasteiger partial charge in [-0.05, 0) is 46.3 Å². The fraction of sp³-hybridized carbons (Fsp3) is 0. The van der Waals surface area contributed by atoms with Gasteiger partial charge in [0.15, 0.2) is 0 Å². The lowest BCUT2D eigenvalue weighted by Crippen LogP contribution is -2.13. The Morgan fingerprint density at radius 1 is 1.33 bits per heavy atom. The van der Waals surface area contributed by atoms with Crippen molar-refractivity contribution in [2.24, 2.45) is 0 Å². The molecule has 1 heterocycles. The second-order valence-corrected chi connectivity index (χ2v) is 4.73. The van der Waals surface area contributed by atoms with Gasteiger partial charge >= 0.3 is 0 Å². The van der Waals surface area contributed by atoms with Crippen LogP contribution in [0.1, 0.15) is 10.5 Å². The summed E-state index contributed by atoms with van der Waals surface area (Å²) < 4.78 is 13.3. The molecule has 1 aromatic carbocycles. The smallest absolute Gasteiger partial charge is 0.274 e. The number of benzene rings is 1. The van der Waals surface area contributed by atoms with Crippen molar-refractivity contribution in [3.8, 4) is 0 Å². The molecule has 3 nitrogen and oxygen atoms in total. The predicted molar refractivity (Wildman–Crippen MR) is 71.3 cm³/mol. The van der Waals surface area contributed by atoms with Crippen LogP contribution in [0, 0.1) is 5.82 Å². The van der Waals surface area contributed by atoms with Gasteiger partial charge in [-0.15, -0.1) is 0 Å². The van der Waals surface area contributed by atoms with Crippen LogP contribution in [0.2, 0.25) is 5.02 Å². The number of anilines is 1. The molecule has 0 spiro atoms. The van der Waals surface area contributed by atoms with Gasteiger partial charge < -0.3 is 5.32 Å². The Bertz CT molecular complexity index is 589. The third kappa shape index (κ3) is 3.05. The SMILES string of the molecule is O=C(Nc1ccc(Cl)cc1Br)c1ccc(F)cn1. The monoisotopic (exact) mass is 328 g/mol. The molecule has 1 amide bonds. The number of carbonyl (C=O) groups excluding carboxylic acids is 1. The lowest BCUT2D eigenvalue weighted by atomic mass is 10.3. The van der Waals surface area contributed by atoms with Gasteiger partial charge in [0.05, 0.1) is 11.9 Å². The summed E-state index contributed by atoms with van der Waals surface area (Å²) in [6, 6.07) is 7.47. The van der Waals surface area contributed by atoms with Gasteiger partial charge in [-0.25, -0.2) is 9.37 Å². The zero-order valence-electron chi connectivity index (χ0n) is 8.95. The van der Waals surface area contributed by atoms with Crippen molar-refractivity contribution in [1.29, 1.82) is 0 Å². The summed E-state index contributed by atoms with van der Waals surface area (Å²) in [6.45, 7) is 0. The molecule has 6 heteroatoms. The second-order valence-electron chi connectivity index (χ2n) is 3.44. The number of rotatable bonds is 2. The summed E-state index contributed by atoms with van der Waals surface area (Å²) in [5.74, 6) is -0.905. The van der Waals surface area contributed by atoms with E-state index in [1.54, 1.807) is 18.2 Å². The van der Waals surface area contributed by atoms with Gasteiger partial charge in [-0.2, -0.15) is 0 Å². The zero-order valence-corrected chi connectivity index (χ0v) is 11.3. The largest absolute Gasteiger partial charge is 0.320 e. The normalized spacial score (nSPS) is 10.2. The lowest BCUT2D eigenvalue weighted by molar-refractivity contribution is 0.102. The minimum absolute atomic E-state index is 0.137. The molecule has 0 radical (unpaired) electrons. The Labute approximate surface area is 116 Å². The first kappa shape index (κ1) is 13.0. The molecule has 0 atom stereocenters. The first-order valence-electron chi connectivity index (χ1n) is 4.94. The summed E-state index contributed by atoms with van der Waals surface area (Å²) in [5.41, 5.74) is 0.703. The van der Waals surface area contributed by atoms with E-state index in [0.717, 1.165) is 6.20 Å². The molecule has 0 bridgehead atoms. The van der Waals surface area contributed by atoms with Crippen molar-refractivity contribution < 1.29 is 9.18 Å². The zero-order chi connectivity index (χ0) is 13.1. The van der Waals surface area contributed by atoms with Gasteiger partial charge in [-0.1, -0.05) is 11.6 Å². The van der Waals surface area contributed by atoms with Crippen molar-refractivity contribution in [3.63, 3.8) is 0 Å². The maximum Gasteiger partial charge on any atom is 0.274 e. The second kappa shape index (κ2) is 5.46. The number of hydrogen-bond donors (Lipinski definition) is 1. The molecule has 0 aliphatic heterocycles. The van der Waals surface area contributed by atoms with E-state index in [-0.39, 0.29) is 5.69 Å². The molecule has 1 N–H and O–H groups in total. The Kier molecular flexibility index (Phi) is 3.93. The molecule has 18 heavy (non-hydrogen) atoms. The lowest BCUT2D eigenvalue weighted by Gasteiger charge is -2.07. The molecule has 0 saturated heterocycles. The van der Waals surface area contributed by atoms with Crippen LogP contribution < -0.4 is 5.32 Å². The van der Waals surface area contributed by atoms with Gasteiger partial charge in [0, 0.05) is 9.50 Å². The Balaban J connectivity index is 2.18. The summed E-state index contributed by atoms with van der Waals surface area (Å²) in [6.07, 6.45) is 0.992. The number of nitrogens with one attached hydrogen (secondary N) is 1. The molecule has 2 aromatic rings. The van der Waals surface area contributed by atoms with Crippen molar-refractivity contribution >= 4 is 39.1 Å². The van der Waals surface area contributed by atoms with E-state index in [1.807, 2.05) is 0 Å². The topological polar surface area (TPSA) is 42.0 Å². The average molecular weight is 330 g/mol. The molecular formula is C12H7BrClFN2O. The summed E-state index contributed by atoms with van der Waals surface area (Å²) in [7, 11) is 0. The first-order valence-corrected chi connectivity index (χ1v) is 6.11. The van der Waals surface area contributed by atoms with Crippen LogP contribution in [-0.4, -0.2) is 10.9 Å². The maximum atomic E-state index is 12.7. The number of hydrogen-bond acceptors (Lipinski definition) is 2. The van der Waals surface area contributed by atoms with E-state index in [2.05, 4.69) is 26.2 Å². The van der Waals surface area contributed by atoms with E-state index in [0.29, 0.717) is 15.2 Å². The number of pyridine rings is 1. The van der Waals surface area contributed by atoms with Gasteiger partial charge in [0.25, 0.3) is 5.91 Å². The Hall–Kier alpha value is -1.46. The third-order valence-corrected chi connectivity index (χ3v) is 3.03. The van der Waals surface area contributed by atoms with E-state index in [1.165, 1.54) is 12.1 Å². The number of aromatic nitrogens is 1. The quantitative estimate of drug-likeness (QED) is 0.908. The maximum absolute atomic E-state index is 12.7. The summed E-state index contributed by atoms with van der Waals surface area (Å²) >= 11 is 9.07. The van der Waals surface area contributed by atoms with E-state index < -0.39 is 11.7 Å². The Morgan fingerprint density at radius 3 is 2.72 bits per heavy atom. The van der Waals surface area contributed by atoms with E-state index in [4.69, 9.17) is 11.6 Å². The number of halogens is 3. The number of amides is 1. The minimum atomic E-state index is -0.487. The average Bonchev–Trinajstić information content (AvgIpc) is 2.33. The van der Waals surface area contributed by atoms with Crippen LogP contribution in [0.5, 0.6) is 0 Å². The van der Waals surface area contributed by atoms with Crippen LogP contribution >= 0.6 is 27.5 Å². The van der Waals surface area contributed by atoms with Crippen LogP contribution in [0.25, 0.3) is 0 Å². The number of carbonyl (C=O) groups is 1. The van der Waals surface area contributed by atoms with E-state index in [9.17, 15) is 9.18 Å². The molecule has 0 aliphatic rings. The standard InChI is InChI=1S/C12H7BrClFN2O/c13-9-5-7(14)1-3-10(9)17-12(18)11-4-2-8(15)6-16-11/h1-6H,(H,17,18). The fourth-order valence-corrected chi connectivity index (χ4v) is 2.07. The molecule has 0 unspecified atom stereocenters. The van der Waals surface area contributed by atoms with Crippen molar-refractivity contribution in [2.45, 2.75) is 0 Å². The summed E-state index contributed by atoms with van der Waals surface area (Å²) in [5, 5.41) is 3.20.